The second-order valence-corrected chi connectivity index (χ2v) is 4.57. The lowest BCUT2D eigenvalue weighted by Crippen LogP contribution is -2.39. The highest BCUT2D eigenvalue weighted by Crippen LogP contribution is 2.25. The lowest BCUT2D eigenvalue weighted by Gasteiger charge is -2.31. The first-order valence-corrected chi connectivity index (χ1v) is 6.49. The van der Waals surface area contributed by atoms with E-state index in [9.17, 15) is 0 Å². The number of hydrogen-bond donors (Lipinski definition) is 2. The molecule has 0 amide bonds. The van der Waals surface area contributed by atoms with Crippen LogP contribution in [0.5, 0.6) is 0 Å². The van der Waals surface area contributed by atoms with Gasteiger partial charge >= 0.3 is 0 Å². The van der Waals surface area contributed by atoms with Crippen molar-refractivity contribution in [2.45, 2.75) is 13.0 Å². The van der Waals surface area contributed by atoms with E-state index < -0.39 is 0 Å². The Balaban J connectivity index is 1.99. The number of rotatable bonds is 2. The topological polar surface area (TPSA) is 62.3 Å². The van der Waals surface area contributed by atoms with Gasteiger partial charge in [0.05, 0.1) is 18.9 Å². The van der Waals surface area contributed by atoms with E-state index in [2.05, 4.69) is 25.5 Å². The van der Waals surface area contributed by atoms with Gasteiger partial charge in [-0.05, 0) is 0 Å². The Morgan fingerprint density at radius 2 is 2.11 bits per heavy atom. The highest BCUT2D eigenvalue weighted by atomic mass is 16.5. The summed E-state index contributed by atoms with van der Waals surface area (Å²) in [5.74, 6) is 1.79. The molecule has 1 fully saturated rings. The van der Waals surface area contributed by atoms with Gasteiger partial charge in [0.15, 0.2) is 0 Å². The summed E-state index contributed by atoms with van der Waals surface area (Å²) in [6.07, 6.45) is 0.976. The summed E-state index contributed by atoms with van der Waals surface area (Å²) in [6, 6.07) is 0. The summed E-state index contributed by atoms with van der Waals surface area (Å²) in [5.41, 5.74) is 2.43. The minimum atomic E-state index is 0.720. The Hall–Kier alpha value is -1.40. The minimum absolute atomic E-state index is 0.720. The van der Waals surface area contributed by atoms with Crippen molar-refractivity contribution in [3.05, 3.63) is 11.3 Å². The van der Waals surface area contributed by atoms with Gasteiger partial charge in [0, 0.05) is 45.2 Å². The third-order valence-electron chi connectivity index (χ3n) is 3.45. The van der Waals surface area contributed by atoms with Gasteiger partial charge in [0.1, 0.15) is 5.82 Å². The molecule has 3 rings (SSSR count). The number of nitrogens with one attached hydrogen (secondary N) is 2. The van der Waals surface area contributed by atoms with Crippen LogP contribution in [0.25, 0.3) is 0 Å². The Morgan fingerprint density at radius 3 is 2.89 bits per heavy atom. The fraction of sp³-hybridized carbons (Fsp3) is 0.667. The number of anilines is 2. The number of ether oxygens (including phenoxy) is 1. The second kappa shape index (κ2) is 5.07. The summed E-state index contributed by atoms with van der Waals surface area (Å²) in [5, 5.41) is 6.46. The van der Waals surface area contributed by atoms with Crippen molar-refractivity contribution >= 4 is 11.8 Å². The Bertz CT molecular complexity index is 431. The Morgan fingerprint density at radius 1 is 1.28 bits per heavy atom. The summed E-state index contributed by atoms with van der Waals surface area (Å²) in [7, 11) is 1.87. The van der Waals surface area contributed by atoms with Crippen LogP contribution in [0.3, 0.4) is 0 Å². The fourth-order valence-electron chi connectivity index (χ4n) is 2.47. The van der Waals surface area contributed by atoms with Gasteiger partial charge in [0.2, 0.25) is 5.95 Å². The van der Waals surface area contributed by atoms with Gasteiger partial charge in [-0.2, -0.15) is 4.98 Å². The number of fused-ring (bicyclic) bond motifs is 1. The van der Waals surface area contributed by atoms with Crippen molar-refractivity contribution < 1.29 is 4.74 Å². The standard InChI is InChI=1S/C12H19N5O/c1-13-12-15-10-2-3-14-8-9(10)11(16-12)17-4-6-18-7-5-17/h14H,2-8H2,1H3,(H,13,15,16). The molecule has 0 saturated carbocycles. The zero-order valence-corrected chi connectivity index (χ0v) is 10.7. The van der Waals surface area contributed by atoms with Gasteiger partial charge in [-0.15, -0.1) is 0 Å². The molecule has 0 aromatic carbocycles. The van der Waals surface area contributed by atoms with E-state index in [0.717, 1.165) is 57.6 Å². The molecule has 18 heavy (non-hydrogen) atoms. The molecule has 0 bridgehead atoms. The van der Waals surface area contributed by atoms with Crippen LogP contribution in [0.1, 0.15) is 11.3 Å². The van der Waals surface area contributed by atoms with E-state index in [-0.39, 0.29) is 0 Å². The molecule has 0 radical (unpaired) electrons. The summed E-state index contributed by atoms with van der Waals surface area (Å²) < 4.78 is 5.41. The molecule has 0 spiro atoms. The molecule has 6 nitrogen and oxygen atoms in total. The van der Waals surface area contributed by atoms with Gasteiger partial charge in [-0.3, -0.25) is 0 Å². The van der Waals surface area contributed by atoms with Crippen molar-refractivity contribution in [2.75, 3.05) is 50.1 Å². The van der Waals surface area contributed by atoms with Crippen LogP contribution in [-0.2, 0) is 17.7 Å². The van der Waals surface area contributed by atoms with Crippen LogP contribution in [0, 0.1) is 0 Å². The minimum Gasteiger partial charge on any atom is -0.378 e. The van der Waals surface area contributed by atoms with Crippen LogP contribution in [0.2, 0.25) is 0 Å². The van der Waals surface area contributed by atoms with E-state index in [4.69, 9.17) is 4.74 Å². The predicted molar refractivity (Wildman–Crippen MR) is 70.0 cm³/mol. The van der Waals surface area contributed by atoms with E-state index >= 15 is 0 Å². The van der Waals surface area contributed by atoms with Crippen molar-refractivity contribution in [1.29, 1.82) is 0 Å². The molecule has 1 saturated heterocycles. The average Bonchev–Trinajstić information content (AvgIpc) is 2.47. The molecule has 6 heteroatoms. The molecule has 0 unspecified atom stereocenters. The van der Waals surface area contributed by atoms with Crippen molar-refractivity contribution in [2.24, 2.45) is 0 Å². The molecule has 0 aliphatic carbocycles. The lowest BCUT2D eigenvalue weighted by atomic mass is 10.1. The first-order valence-electron chi connectivity index (χ1n) is 6.49. The average molecular weight is 249 g/mol. The maximum absolute atomic E-state index is 5.41. The monoisotopic (exact) mass is 249 g/mol. The quantitative estimate of drug-likeness (QED) is 0.769. The molecule has 1 aromatic heterocycles. The first-order chi connectivity index (χ1) is 8.88. The molecule has 2 N–H and O–H groups in total. The van der Waals surface area contributed by atoms with E-state index in [1.807, 2.05) is 7.05 Å². The van der Waals surface area contributed by atoms with Crippen LogP contribution < -0.4 is 15.5 Å². The summed E-state index contributed by atoms with van der Waals surface area (Å²) in [6.45, 7) is 5.24. The van der Waals surface area contributed by atoms with Crippen LogP contribution >= 0.6 is 0 Å². The number of nitrogens with zero attached hydrogens (tertiary/aromatic N) is 3. The van der Waals surface area contributed by atoms with Gasteiger partial charge < -0.3 is 20.3 Å². The maximum Gasteiger partial charge on any atom is 0.224 e. The van der Waals surface area contributed by atoms with Gasteiger partial charge in [-0.1, -0.05) is 0 Å². The summed E-state index contributed by atoms with van der Waals surface area (Å²) in [4.78, 5) is 11.5. The molecular formula is C12H19N5O. The molecular weight excluding hydrogens is 230 g/mol. The van der Waals surface area contributed by atoms with Crippen LogP contribution in [0.4, 0.5) is 11.8 Å². The smallest absolute Gasteiger partial charge is 0.224 e. The highest BCUT2D eigenvalue weighted by Gasteiger charge is 2.22. The molecule has 98 valence electrons. The van der Waals surface area contributed by atoms with Crippen LogP contribution in [-0.4, -0.2) is 49.9 Å². The number of aromatic nitrogens is 2. The summed E-state index contributed by atoms with van der Waals surface area (Å²) >= 11 is 0. The van der Waals surface area contributed by atoms with Crippen molar-refractivity contribution in [1.82, 2.24) is 15.3 Å². The Kier molecular flexibility index (Phi) is 3.29. The molecule has 0 atom stereocenters. The van der Waals surface area contributed by atoms with Gasteiger partial charge in [0.25, 0.3) is 0 Å². The highest BCUT2D eigenvalue weighted by molar-refractivity contribution is 5.53. The van der Waals surface area contributed by atoms with Crippen molar-refractivity contribution in [3.8, 4) is 0 Å². The third-order valence-corrected chi connectivity index (χ3v) is 3.45. The Labute approximate surface area is 107 Å². The zero-order valence-electron chi connectivity index (χ0n) is 10.7. The predicted octanol–water partition coefficient (Wildman–Crippen LogP) is 0.000600. The van der Waals surface area contributed by atoms with Crippen LogP contribution in [0.15, 0.2) is 0 Å². The van der Waals surface area contributed by atoms with E-state index in [1.54, 1.807) is 0 Å². The maximum atomic E-state index is 5.41. The van der Waals surface area contributed by atoms with Gasteiger partial charge in [-0.25, -0.2) is 4.98 Å². The largest absolute Gasteiger partial charge is 0.378 e. The van der Waals surface area contributed by atoms with E-state index in [0.29, 0.717) is 0 Å². The molecule has 3 heterocycles. The normalized spacial score (nSPS) is 19.5. The van der Waals surface area contributed by atoms with E-state index in [1.165, 1.54) is 11.3 Å². The SMILES string of the molecule is CNc1nc2c(c(N3CCOCC3)n1)CNCC2. The lowest BCUT2D eigenvalue weighted by molar-refractivity contribution is 0.122. The first kappa shape index (κ1) is 11.7. The number of morpholine rings is 1. The molecule has 1 aromatic rings. The molecule has 2 aliphatic rings. The second-order valence-electron chi connectivity index (χ2n) is 4.57. The zero-order chi connectivity index (χ0) is 12.4. The molecule has 2 aliphatic heterocycles. The fourth-order valence-corrected chi connectivity index (χ4v) is 2.47. The number of hydrogen-bond acceptors (Lipinski definition) is 6. The van der Waals surface area contributed by atoms with Crippen molar-refractivity contribution in [3.63, 3.8) is 0 Å². The third kappa shape index (κ3) is 2.13.